The lowest BCUT2D eigenvalue weighted by atomic mass is 10.2. The Balaban J connectivity index is 1.64. The van der Waals surface area contributed by atoms with Gasteiger partial charge in [0.25, 0.3) is 0 Å². The second-order valence-corrected chi connectivity index (χ2v) is 7.21. The van der Waals surface area contributed by atoms with Crippen LogP contribution in [0.3, 0.4) is 0 Å². The van der Waals surface area contributed by atoms with E-state index in [1.54, 1.807) is 35.3 Å². The Morgan fingerprint density at radius 1 is 1.12 bits per heavy atom. The predicted octanol–water partition coefficient (Wildman–Crippen LogP) is 2.32. The molecule has 1 N–H and O–H groups in total. The van der Waals surface area contributed by atoms with E-state index in [0.717, 1.165) is 11.3 Å². The second kappa shape index (κ2) is 8.11. The monoisotopic (exact) mass is 372 g/mol. The van der Waals surface area contributed by atoms with Crippen LogP contribution in [0.2, 0.25) is 0 Å². The number of pyridine rings is 1. The minimum atomic E-state index is -3.65. The summed E-state index contributed by atoms with van der Waals surface area (Å²) < 4.78 is 34.7. The van der Waals surface area contributed by atoms with Gasteiger partial charge in [-0.15, -0.1) is 0 Å². The molecule has 3 rings (SSSR count). The summed E-state index contributed by atoms with van der Waals surface area (Å²) in [5.74, 6) is 0.349. The van der Waals surface area contributed by atoms with Gasteiger partial charge in [0.05, 0.1) is 18.8 Å². The molecule has 0 atom stereocenters. The first-order chi connectivity index (χ1) is 12.6. The highest BCUT2D eigenvalue weighted by atomic mass is 32.2. The van der Waals surface area contributed by atoms with E-state index in [1.165, 1.54) is 6.07 Å². The number of benzene rings is 1. The normalized spacial score (nSPS) is 11.4. The maximum absolute atomic E-state index is 12.5. The minimum absolute atomic E-state index is 0.139. The average molecular weight is 372 g/mol. The van der Waals surface area contributed by atoms with Crippen LogP contribution in [0.25, 0.3) is 11.3 Å². The van der Waals surface area contributed by atoms with E-state index in [9.17, 15) is 8.42 Å². The lowest BCUT2D eigenvalue weighted by Crippen LogP contribution is -2.28. The van der Waals surface area contributed by atoms with Crippen molar-refractivity contribution in [3.05, 3.63) is 61.1 Å². The van der Waals surface area contributed by atoms with Gasteiger partial charge in [-0.1, -0.05) is 12.1 Å². The SMILES string of the molecule is CCOc1ccccc1S(=O)(=O)NCCn1ccc(-c2ccncc2)n1. The number of rotatable bonds is 8. The van der Waals surface area contributed by atoms with E-state index in [2.05, 4.69) is 14.8 Å². The molecule has 0 fully saturated rings. The predicted molar refractivity (Wildman–Crippen MR) is 98.3 cm³/mol. The molecule has 3 aromatic rings. The van der Waals surface area contributed by atoms with Crippen molar-refractivity contribution in [1.82, 2.24) is 19.5 Å². The highest BCUT2D eigenvalue weighted by Gasteiger charge is 2.18. The number of hydrogen-bond acceptors (Lipinski definition) is 5. The first-order valence-corrected chi connectivity index (χ1v) is 9.74. The van der Waals surface area contributed by atoms with Crippen molar-refractivity contribution in [2.75, 3.05) is 13.2 Å². The van der Waals surface area contributed by atoms with Crippen LogP contribution in [0.1, 0.15) is 6.92 Å². The highest BCUT2D eigenvalue weighted by Crippen LogP contribution is 2.23. The van der Waals surface area contributed by atoms with Crippen LogP contribution in [0.15, 0.2) is 66.0 Å². The molecule has 0 saturated heterocycles. The molecule has 0 bridgehead atoms. The molecular weight excluding hydrogens is 352 g/mol. The fourth-order valence-corrected chi connectivity index (χ4v) is 3.65. The zero-order valence-corrected chi connectivity index (χ0v) is 15.2. The number of aromatic nitrogens is 3. The summed E-state index contributed by atoms with van der Waals surface area (Å²) in [6.45, 7) is 2.86. The fraction of sp³-hybridized carbons (Fsp3) is 0.222. The topological polar surface area (TPSA) is 86.1 Å². The summed E-state index contributed by atoms with van der Waals surface area (Å²) in [5.41, 5.74) is 1.78. The largest absolute Gasteiger partial charge is 0.492 e. The molecule has 0 amide bonds. The molecular formula is C18H20N4O3S. The summed E-state index contributed by atoms with van der Waals surface area (Å²) in [6.07, 6.45) is 5.23. The Kier molecular flexibility index (Phi) is 5.65. The van der Waals surface area contributed by atoms with Gasteiger partial charge in [0.15, 0.2) is 0 Å². The van der Waals surface area contributed by atoms with Gasteiger partial charge in [0.1, 0.15) is 10.6 Å². The maximum Gasteiger partial charge on any atom is 0.244 e. The Hall–Kier alpha value is -2.71. The van der Waals surface area contributed by atoms with Crippen molar-refractivity contribution in [2.24, 2.45) is 0 Å². The number of nitrogens with zero attached hydrogens (tertiary/aromatic N) is 3. The third-order valence-corrected chi connectivity index (χ3v) is 5.19. The van der Waals surface area contributed by atoms with Crippen molar-refractivity contribution in [3.63, 3.8) is 0 Å². The van der Waals surface area contributed by atoms with E-state index in [-0.39, 0.29) is 11.4 Å². The van der Waals surface area contributed by atoms with Gasteiger partial charge in [0.2, 0.25) is 10.0 Å². The van der Waals surface area contributed by atoms with Gasteiger partial charge in [-0.2, -0.15) is 5.10 Å². The van der Waals surface area contributed by atoms with Crippen molar-refractivity contribution in [2.45, 2.75) is 18.4 Å². The van der Waals surface area contributed by atoms with Crippen LogP contribution >= 0.6 is 0 Å². The van der Waals surface area contributed by atoms with Crippen LogP contribution < -0.4 is 9.46 Å². The molecule has 0 aliphatic heterocycles. The van der Waals surface area contributed by atoms with Crippen LogP contribution in [-0.2, 0) is 16.6 Å². The van der Waals surface area contributed by atoms with Crippen LogP contribution in [0, 0.1) is 0 Å². The quantitative estimate of drug-likeness (QED) is 0.656. The van der Waals surface area contributed by atoms with Crippen LogP contribution in [-0.4, -0.2) is 36.3 Å². The van der Waals surface area contributed by atoms with Gasteiger partial charge in [-0.25, -0.2) is 13.1 Å². The Bertz CT molecular complexity index is 955. The van der Waals surface area contributed by atoms with E-state index in [4.69, 9.17) is 4.74 Å². The molecule has 0 aliphatic rings. The zero-order chi connectivity index (χ0) is 18.4. The second-order valence-electron chi connectivity index (χ2n) is 5.48. The van der Waals surface area contributed by atoms with Gasteiger partial charge in [-0.05, 0) is 37.3 Å². The van der Waals surface area contributed by atoms with E-state index < -0.39 is 10.0 Å². The molecule has 2 aromatic heterocycles. The summed E-state index contributed by atoms with van der Waals surface area (Å²) >= 11 is 0. The molecule has 136 valence electrons. The molecule has 0 saturated carbocycles. The molecule has 0 aliphatic carbocycles. The van der Waals surface area contributed by atoms with Gasteiger partial charge < -0.3 is 4.74 Å². The zero-order valence-electron chi connectivity index (χ0n) is 14.4. The van der Waals surface area contributed by atoms with E-state index in [0.29, 0.717) is 18.9 Å². The third-order valence-electron chi connectivity index (χ3n) is 3.69. The number of hydrogen-bond donors (Lipinski definition) is 1. The van der Waals surface area contributed by atoms with Crippen molar-refractivity contribution in [3.8, 4) is 17.0 Å². The standard InChI is InChI=1S/C18H20N4O3S/c1-2-25-17-5-3-4-6-18(17)26(23,24)20-12-14-22-13-9-16(21-22)15-7-10-19-11-8-15/h3-11,13,20H,2,12,14H2,1H3. The Labute approximate surface area is 152 Å². The van der Waals surface area contributed by atoms with E-state index in [1.807, 2.05) is 31.3 Å². The number of para-hydroxylation sites is 1. The summed E-state index contributed by atoms with van der Waals surface area (Å²) in [6, 6.07) is 12.2. The van der Waals surface area contributed by atoms with Gasteiger partial charge in [-0.3, -0.25) is 9.67 Å². The fourth-order valence-electron chi connectivity index (χ4n) is 2.48. The molecule has 8 heteroatoms. The number of sulfonamides is 1. The van der Waals surface area contributed by atoms with Crippen LogP contribution in [0.4, 0.5) is 0 Å². The highest BCUT2D eigenvalue weighted by molar-refractivity contribution is 7.89. The molecule has 0 unspecified atom stereocenters. The van der Waals surface area contributed by atoms with E-state index >= 15 is 0 Å². The molecule has 2 heterocycles. The molecule has 1 aromatic carbocycles. The summed E-state index contributed by atoms with van der Waals surface area (Å²) in [5, 5.41) is 4.45. The lowest BCUT2D eigenvalue weighted by molar-refractivity contribution is 0.331. The molecule has 0 spiro atoms. The first kappa shape index (κ1) is 18.1. The minimum Gasteiger partial charge on any atom is -0.492 e. The smallest absolute Gasteiger partial charge is 0.244 e. The average Bonchev–Trinajstić information content (AvgIpc) is 3.12. The summed E-state index contributed by atoms with van der Waals surface area (Å²) in [4.78, 5) is 4.12. The Morgan fingerprint density at radius 3 is 2.65 bits per heavy atom. The van der Waals surface area contributed by atoms with Crippen LogP contribution in [0.5, 0.6) is 5.75 Å². The van der Waals surface area contributed by atoms with Crippen molar-refractivity contribution < 1.29 is 13.2 Å². The first-order valence-electron chi connectivity index (χ1n) is 8.25. The van der Waals surface area contributed by atoms with Gasteiger partial charge in [0, 0.05) is 30.7 Å². The summed E-state index contributed by atoms with van der Waals surface area (Å²) in [7, 11) is -3.65. The molecule has 7 nitrogen and oxygen atoms in total. The Morgan fingerprint density at radius 2 is 1.88 bits per heavy atom. The lowest BCUT2D eigenvalue weighted by Gasteiger charge is -2.11. The number of ether oxygens (including phenoxy) is 1. The molecule has 26 heavy (non-hydrogen) atoms. The molecule has 0 radical (unpaired) electrons. The van der Waals surface area contributed by atoms with Crippen molar-refractivity contribution >= 4 is 10.0 Å². The van der Waals surface area contributed by atoms with Crippen molar-refractivity contribution in [1.29, 1.82) is 0 Å². The third kappa shape index (κ3) is 4.27. The van der Waals surface area contributed by atoms with Gasteiger partial charge >= 0.3 is 0 Å². The maximum atomic E-state index is 12.5. The number of nitrogens with one attached hydrogen (secondary N) is 1.